The van der Waals surface area contributed by atoms with Crippen molar-refractivity contribution in [1.29, 1.82) is 0 Å². The van der Waals surface area contributed by atoms with Crippen LogP contribution in [0, 0.1) is 6.92 Å². The minimum Gasteiger partial charge on any atom is -0.402 e. The summed E-state index contributed by atoms with van der Waals surface area (Å²) in [4.78, 5) is 18.3. The molecule has 116 valence electrons. The Morgan fingerprint density at radius 3 is 2.26 bits per heavy atom. The summed E-state index contributed by atoms with van der Waals surface area (Å²) in [6, 6.07) is 15.6. The van der Waals surface area contributed by atoms with E-state index in [9.17, 15) is 4.79 Å². The van der Waals surface area contributed by atoms with Crippen molar-refractivity contribution in [1.82, 2.24) is 0 Å². The van der Waals surface area contributed by atoms with Crippen molar-refractivity contribution in [2.45, 2.75) is 6.92 Å². The Balaban J connectivity index is 1.87. The molecule has 0 saturated heterocycles. The van der Waals surface area contributed by atoms with Crippen LogP contribution in [0.25, 0.3) is 6.08 Å². The van der Waals surface area contributed by atoms with Crippen LogP contribution in [0.4, 0.5) is 5.69 Å². The number of rotatable bonds is 3. The van der Waals surface area contributed by atoms with Gasteiger partial charge >= 0.3 is 5.97 Å². The predicted molar refractivity (Wildman–Crippen MR) is 92.6 cm³/mol. The van der Waals surface area contributed by atoms with Gasteiger partial charge in [0, 0.05) is 25.3 Å². The molecule has 0 atom stereocenters. The number of nitrogens with zero attached hydrogens (tertiary/aromatic N) is 2. The molecule has 1 aliphatic rings. The highest BCUT2D eigenvalue weighted by molar-refractivity contribution is 6.12. The van der Waals surface area contributed by atoms with Gasteiger partial charge in [0.2, 0.25) is 5.90 Å². The average Bonchev–Trinajstić information content (AvgIpc) is 2.89. The maximum Gasteiger partial charge on any atom is 0.363 e. The van der Waals surface area contributed by atoms with Crippen LogP contribution in [-0.2, 0) is 9.53 Å². The van der Waals surface area contributed by atoms with Gasteiger partial charge in [-0.2, -0.15) is 0 Å². The summed E-state index contributed by atoms with van der Waals surface area (Å²) in [7, 11) is 3.97. The zero-order valence-corrected chi connectivity index (χ0v) is 13.4. The summed E-state index contributed by atoms with van der Waals surface area (Å²) in [6.45, 7) is 2.01. The van der Waals surface area contributed by atoms with E-state index in [2.05, 4.69) is 4.99 Å². The summed E-state index contributed by atoms with van der Waals surface area (Å²) in [5, 5.41) is 0. The highest BCUT2D eigenvalue weighted by atomic mass is 16.6. The Hall–Kier alpha value is -2.88. The molecule has 0 amide bonds. The highest BCUT2D eigenvalue weighted by Crippen LogP contribution is 2.20. The quantitative estimate of drug-likeness (QED) is 0.644. The minimum absolute atomic E-state index is 0.318. The van der Waals surface area contributed by atoms with Gasteiger partial charge < -0.3 is 9.64 Å². The molecule has 0 spiro atoms. The number of hydrogen-bond donors (Lipinski definition) is 0. The Bertz CT molecular complexity index is 785. The van der Waals surface area contributed by atoms with E-state index in [0.717, 1.165) is 22.4 Å². The van der Waals surface area contributed by atoms with Crippen molar-refractivity contribution in [2.24, 2.45) is 4.99 Å². The van der Waals surface area contributed by atoms with Crippen molar-refractivity contribution in [2.75, 3.05) is 19.0 Å². The lowest BCUT2D eigenvalue weighted by molar-refractivity contribution is -0.129. The lowest BCUT2D eigenvalue weighted by Gasteiger charge is -2.11. The number of hydrogen-bond acceptors (Lipinski definition) is 4. The van der Waals surface area contributed by atoms with Crippen molar-refractivity contribution in [3.63, 3.8) is 0 Å². The first-order chi connectivity index (χ1) is 11.0. The largest absolute Gasteiger partial charge is 0.402 e. The molecule has 0 unspecified atom stereocenters. The van der Waals surface area contributed by atoms with E-state index in [-0.39, 0.29) is 0 Å². The average molecular weight is 306 g/mol. The molecule has 0 bridgehead atoms. The third-order valence-electron chi connectivity index (χ3n) is 3.63. The summed E-state index contributed by atoms with van der Waals surface area (Å²) in [5.74, 6) is -0.0663. The molecule has 0 N–H and O–H groups in total. The Morgan fingerprint density at radius 1 is 1.00 bits per heavy atom. The Kier molecular flexibility index (Phi) is 3.98. The van der Waals surface area contributed by atoms with Gasteiger partial charge in [0.25, 0.3) is 0 Å². The van der Waals surface area contributed by atoms with Crippen LogP contribution < -0.4 is 4.90 Å². The monoisotopic (exact) mass is 306 g/mol. The number of anilines is 1. The zero-order chi connectivity index (χ0) is 16.4. The van der Waals surface area contributed by atoms with E-state index in [1.165, 1.54) is 0 Å². The molecule has 0 aromatic heterocycles. The lowest BCUT2D eigenvalue weighted by atomic mass is 10.1. The molecule has 1 aliphatic heterocycles. The van der Waals surface area contributed by atoms with Crippen LogP contribution in [-0.4, -0.2) is 26.0 Å². The van der Waals surface area contributed by atoms with Gasteiger partial charge in [-0.3, -0.25) is 0 Å². The third kappa shape index (κ3) is 3.31. The summed E-state index contributed by atoms with van der Waals surface area (Å²) in [5.41, 5.74) is 4.28. The molecule has 0 radical (unpaired) electrons. The number of benzene rings is 2. The fraction of sp³-hybridized carbons (Fsp3) is 0.158. The third-order valence-corrected chi connectivity index (χ3v) is 3.63. The second-order valence-corrected chi connectivity index (χ2v) is 5.69. The molecular weight excluding hydrogens is 288 g/mol. The van der Waals surface area contributed by atoms with Gasteiger partial charge in [-0.05, 0) is 42.8 Å². The van der Waals surface area contributed by atoms with Gasteiger partial charge in [0.15, 0.2) is 5.70 Å². The summed E-state index contributed by atoms with van der Waals surface area (Å²) >= 11 is 0. The highest BCUT2D eigenvalue weighted by Gasteiger charge is 2.23. The van der Waals surface area contributed by atoms with Gasteiger partial charge in [-0.25, -0.2) is 9.79 Å². The fourth-order valence-corrected chi connectivity index (χ4v) is 2.26. The van der Waals surface area contributed by atoms with Gasteiger partial charge in [-0.1, -0.05) is 29.8 Å². The molecule has 4 nitrogen and oxygen atoms in total. The number of carbonyl (C=O) groups is 1. The number of aliphatic imine (C=N–C) groups is 1. The first-order valence-corrected chi connectivity index (χ1v) is 7.40. The normalized spacial score (nSPS) is 15.5. The standard InChI is InChI=1S/C19H18N2O2/c1-13-4-8-15(9-5-13)18-20-17(19(22)23-18)12-14-6-10-16(11-7-14)21(2)3/h4-12H,1-3H3/b17-12-. The molecule has 2 aromatic carbocycles. The molecule has 0 fully saturated rings. The fourth-order valence-electron chi connectivity index (χ4n) is 2.26. The van der Waals surface area contributed by atoms with Gasteiger partial charge in [0.05, 0.1) is 0 Å². The molecule has 1 heterocycles. The molecule has 0 saturated carbocycles. The van der Waals surface area contributed by atoms with Crippen LogP contribution in [0.3, 0.4) is 0 Å². The molecule has 3 rings (SSSR count). The van der Waals surface area contributed by atoms with Crippen LogP contribution in [0.1, 0.15) is 16.7 Å². The van der Waals surface area contributed by atoms with E-state index in [0.29, 0.717) is 11.6 Å². The van der Waals surface area contributed by atoms with Crippen molar-refractivity contribution in [3.05, 3.63) is 70.9 Å². The predicted octanol–water partition coefficient (Wildman–Crippen LogP) is 3.41. The van der Waals surface area contributed by atoms with Crippen LogP contribution in [0.15, 0.2) is 59.2 Å². The minimum atomic E-state index is -0.419. The van der Waals surface area contributed by atoms with E-state index < -0.39 is 5.97 Å². The zero-order valence-electron chi connectivity index (χ0n) is 13.4. The first-order valence-electron chi connectivity index (χ1n) is 7.40. The van der Waals surface area contributed by atoms with E-state index >= 15 is 0 Å². The maximum atomic E-state index is 12.0. The number of cyclic esters (lactones) is 1. The Labute approximate surface area is 135 Å². The number of aryl methyl sites for hydroxylation is 1. The lowest BCUT2D eigenvalue weighted by Crippen LogP contribution is -2.08. The van der Waals surface area contributed by atoms with Crippen molar-refractivity contribution in [3.8, 4) is 0 Å². The van der Waals surface area contributed by atoms with Gasteiger partial charge in [0.1, 0.15) is 0 Å². The van der Waals surface area contributed by atoms with Crippen LogP contribution in [0.2, 0.25) is 0 Å². The van der Waals surface area contributed by atoms with E-state index in [1.807, 2.05) is 74.4 Å². The smallest absolute Gasteiger partial charge is 0.363 e. The second kappa shape index (κ2) is 6.08. The van der Waals surface area contributed by atoms with Crippen LogP contribution >= 0.6 is 0 Å². The maximum absolute atomic E-state index is 12.0. The summed E-state index contributed by atoms with van der Waals surface area (Å²) in [6.07, 6.45) is 1.74. The van der Waals surface area contributed by atoms with E-state index in [1.54, 1.807) is 6.08 Å². The topological polar surface area (TPSA) is 41.9 Å². The molecule has 2 aromatic rings. The van der Waals surface area contributed by atoms with Gasteiger partial charge in [-0.15, -0.1) is 0 Å². The molecule has 23 heavy (non-hydrogen) atoms. The molecule has 0 aliphatic carbocycles. The van der Waals surface area contributed by atoms with Crippen LogP contribution in [0.5, 0.6) is 0 Å². The van der Waals surface area contributed by atoms with Crippen molar-refractivity contribution >= 4 is 23.6 Å². The SMILES string of the molecule is Cc1ccc(C2=N/C(=C\c3ccc(N(C)C)cc3)C(=O)O2)cc1. The number of esters is 1. The van der Waals surface area contributed by atoms with Crippen molar-refractivity contribution < 1.29 is 9.53 Å². The second-order valence-electron chi connectivity index (χ2n) is 5.69. The molecule has 4 heteroatoms. The number of ether oxygens (including phenoxy) is 1. The Morgan fingerprint density at radius 2 is 1.65 bits per heavy atom. The number of carbonyl (C=O) groups excluding carboxylic acids is 1. The van der Waals surface area contributed by atoms with E-state index in [4.69, 9.17) is 4.74 Å². The first kappa shape index (κ1) is 15.0. The molecular formula is C19H18N2O2. The summed E-state index contributed by atoms with van der Waals surface area (Å²) < 4.78 is 5.27.